The molecule has 1 aromatic heterocycles. The number of carbonyl (C=O) groups excluding carboxylic acids is 1. The first-order valence-electron chi connectivity index (χ1n) is 9.25. The quantitative estimate of drug-likeness (QED) is 0.913. The highest BCUT2D eigenvalue weighted by atomic mass is 16.5. The maximum absolute atomic E-state index is 12.6. The van der Waals surface area contributed by atoms with Crippen molar-refractivity contribution in [2.75, 3.05) is 19.7 Å². The number of hydrogen-bond acceptors (Lipinski definition) is 5. The molecule has 0 spiro atoms. The Morgan fingerprint density at radius 1 is 1.27 bits per heavy atom. The van der Waals surface area contributed by atoms with Crippen LogP contribution in [0.25, 0.3) is 11.3 Å². The molecule has 0 aliphatic carbocycles. The zero-order valence-electron chi connectivity index (χ0n) is 15.2. The normalized spacial score (nSPS) is 26.0. The Bertz CT molecular complexity index is 742. The van der Waals surface area contributed by atoms with Gasteiger partial charge in [0.25, 0.3) is 5.91 Å². The lowest BCUT2D eigenvalue weighted by molar-refractivity contribution is -0.0683. The van der Waals surface area contributed by atoms with Crippen LogP contribution in [0.4, 0.5) is 0 Å². The summed E-state index contributed by atoms with van der Waals surface area (Å²) in [5.41, 5.74) is 1.57. The van der Waals surface area contributed by atoms with E-state index in [-0.39, 0.29) is 11.9 Å². The van der Waals surface area contributed by atoms with E-state index in [9.17, 15) is 4.79 Å². The molecule has 1 aromatic carbocycles. The predicted octanol–water partition coefficient (Wildman–Crippen LogP) is 2.57. The molecule has 1 amide bonds. The Morgan fingerprint density at radius 2 is 2.08 bits per heavy atom. The second kappa shape index (κ2) is 7.21. The molecule has 4 rings (SSSR count). The van der Waals surface area contributed by atoms with Gasteiger partial charge in [-0.3, -0.25) is 9.69 Å². The molecule has 2 fully saturated rings. The van der Waals surface area contributed by atoms with E-state index in [1.807, 2.05) is 24.3 Å². The highest BCUT2D eigenvalue weighted by molar-refractivity contribution is 5.94. The van der Waals surface area contributed by atoms with Crippen LogP contribution in [0.5, 0.6) is 0 Å². The Morgan fingerprint density at radius 3 is 2.77 bits per heavy atom. The van der Waals surface area contributed by atoms with Crippen LogP contribution in [-0.2, 0) is 4.74 Å². The molecule has 3 heterocycles. The molecule has 138 valence electrons. The number of hydrogen-bond donors (Lipinski definition) is 1. The summed E-state index contributed by atoms with van der Waals surface area (Å²) in [4.78, 5) is 19.0. The van der Waals surface area contributed by atoms with Gasteiger partial charge < -0.3 is 14.5 Å². The van der Waals surface area contributed by atoms with Gasteiger partial charge >= 0.3 is 0 Å². The SMILES string of the molecule is CC(C)[C@@H]1CN2C[C@@H](NC(=O)c3ccc(-c4cnco4)cc3)C[C@H]2CO1. The van der Waals surface area contributed by atoms with Crippen molar-refractivity contribution in [3.05, 3.63) is 42.4 Å². The number of ether oxygens (including phenoxy) is 1. The zero-order valence-corrected chi connectivity index (χ0v) is 15.2. The summed E-state index contributed by atoms with van der Waals surface area (Å²) in [5.74, 6) is 1.19. The molecule has 0 unspecified atom stereocenters. The van der Waals surface area contributed by atoms with E-state index in [4.69, 9.17) is 9.15 Å². The van der Waals surface area contributed by atoms with Crippen LogP contribution in [0.2, 0.25) is 0 Å². The molecule has 1 N–H and O–H groups in total. The number of nitrogens with zero attached hydrogens (tertiary/aromatic N) is 2. The van der Waals surface area contributed by atoms with Crippen LogP contribution in [-0.4, -0.2) is 53.7 Å². The van der Waals surface area contributed by atoms with Gasteiger partial charge in [-0.25, -0.2) is 4.98 Å². The van der Waals surface area contributed by atoms with Gasteiger partial charge in [0.1, 0.15) is 0 Å². The van der Waals surface area contributed by atoms with E-state index in [1.54, 1.807) is 6.20 Å². The number of carbonyl (C=O) groups is 1. The Balaban J connectivity index is 1.35. The molecular formula is C20H25N3O3. The Kier molecular flexibility index (Phi) is 4.78. The van der Waals surface area contributed by atoms with Crippen molar-refractivity contribution in [2.45, 2.75) is 38.5 Å². The second-order valence-corrected chi connectivity index (χ2v) is 7.57. The highest BCUT2D eigenvalue weighted by Crippen LogP contribution is 2.26. The molecule has 0 bridgehead atoms. The van der Waals surface area contributed by atoms with E-state index in [0.717, 1.165) is 31.7 Å². The smallest absolute Gasteiger partial charge is 0.251 e. The number of aromatic nitrogens is 1. The van der Waals surface area contributed by atoms with Crippen LogP contribution < -0.4 is 5.32 Å². The average Bonchev–Trinajstić information content (AvgIpc) is 3.30. The van der Waals surface area contributed by atoms with E-state index >= 15 is 0 Å². The van der Waals surface area contributed by atoms with Crippen molar-refractivity contribution in [1.29, 1.82) is 0 Å². The Labute approximate surface area is 153 Å². The van der Waals surface area contributed by atoms with Crippen LogP contribution in [0, 0.1) is 5.92 Å². The summed E-state index contributed by atoms with van der Waals surface area (Å²) in [7, 11) is 0. The lowest BCUT2D eigenvalue weighted by Crippen LogP contribution is -2.48. The van der Waals surface area contributed by atoms with Crippen molar-refractivity contribution in [3.8, 4) is 11.3 Å². The third kappa shape index (κ3) is 3.52. The molecule has 2 saturated heterocycles. The molecule has 0 radical (unpaired) electrons. The minimum absolute atomic E-state index is 0.0275. The second-order valence-electron chi connectivity index (χ2n) is 7.57. The topological polar surface area (TPSA) is 67.6 Å². The lowest BCUT2D eigenvalue weighted by Gasteiger charge is -2.36. The van der Waals surface area contributed by atoms with Gasteiger partial charge in [0.2, 0.25) is 0 Å². The standard InChI is InChI=1S/C20H25N3O3/c1-13(2)19-10-23-9-16(7-17(23)11-25-19)22-20(24)15-5-3-14(4-6-15)18-8-21-12-26-18/h3-6,8,12-13,16-17,19H,7,9-11H2,1-2H3,(H,22,24)/t16-,17-,19-/m0/s1. The maximum atomic E-state index is 12.6. The molecule has 6 nitrogen and oxygen atoms in total. The first-order chi connectivity index (χ1) is 12.6. The van der Waals surface area contributed by atoms with Gasteiger partial charge in [0.05, 0.1) is 18.9 Å². The molecule has 2 aromatic rings. The number of oxazole rings is 1. The molecule has 26 heavy (non-hydrogen) atoms. The molecule has 2 aliphatic rings. The van der Waals surface area contributed by atoms with Crippen LogP contribution in [0.3, 0.4) is 0 Å². The number of benzene rings is 1. The Hall–Kier alpha value is -2.18. The van der Waals surface area contributed by atoms with Crippen molar-refractivity contribution < 1.29 is 13.9 Å². The van der Waals surface area contributed by atoms with E-state index in [0.29, 0.717) is 29.4 Å². The van der Waals surface area contributed by atoms with Gasteiger partial charge in [-0.2, -0.15) is 0 Å². The van der Waals surface area contributed by atoms with E-state index in [1.165, 1.54) is 6.39 Å². The van der Waals surface area contributed by atoms with Crippen molar-refractivity contribution >= 4 is 5.91 Å². The van der Waals surface area contributed by atoms with Gasteiger partial charge in [-0.05, 0) is 24.5 Å². The lowest BCUT2D eigenvalue weighted by atomic mass is 10.0. The fourth-order valence-corrected chi connectivity index (χ4v) is 3.82. The van der Waals surface area contributed by atoms with Crippen LogP contribution >= 0.6 is 0 Å². The summed E-state index contributed by atoms with van der Waals surface area (Å²) >= 11 is 0. The van der Waals surface area contributed by atoms with Crippen molar-refractivity contribution in [3.63, 3.8) is 0 Å². The first kappa shape index (κ1) is 17.2. The summed E-state index contributed by atoms with van der Waals surface area (Å²) in [6.45, 7) is 7.02. The number of morpholine rings is 1. The third-order valence-electron chi connectivity index (χ3n) is 5.39. The maximum Gasteiger partial charge on any atom is 0.251 e. The number of nitrogens with one attached hydrogen (secondary N) is 1. The van der Waals surface area contributed by atoms with E-state index in [2.05, 4.69) is 29.0 Å². The fourth-order valence-electron chi connectivity index (χ4n) is 3.82. The summed E-state index contributed by atoms with van der Waals surface area (Å²) in [6.07, 6.45) is 4.31. The summed E-state index contributed by atoms with van der Waals surface area (Å²) < 4.78 is 11.2. The predicted molar refractivity (Wildman–Crippen MR) is 97.7 cm³/mol. The minimum atomic E-state index is -0.0275. The van der Waals surface area contributed by atoms with E-state index < -0.39 is 0 Å². The fraction of sp³-hybridized carbons (Fsp3) is 0.500. The molecule has 2 aliphatic heterocycles. The third-order valence-corrected chi connectivity index (χ3v) is 5.39. The summed E-state index contributed by atoms with van der Waals surface area (Å²) in [5, 5.41) is 3.18. The highest BCUT2D eigenvalue weighted by Gasteiger charge is 2.38. The number of rotatable bonds is 4. The summed E-state index contributed by atoms with van der Waals surface area (Å²) in [6, 6.07) is 8.02. The minimum Gasteiger partial charge on any atom is -0.444 e. The molecule has 6 heteroatoms. The molecule has 0 saturated carbocycles. The molecule has 3 atom stereocenters. The van der Waals surface area contributed by atoms with Crippen molar-refractivity contribution in [2.24, 2.45) is 5.92 Å². The van der Waals surface area contributed by atoms with Crippen molar-refractivity contribution in [1.82, 2.24) is 15.2 Å². The van der Waals surface area contributed by atoms with Crippen LogP contribution in [0.15, 0.2) is 41.3 Å². The largest absolute Gasteiger partial charge is 0.444 e. The monoisotopic (exact) mass is 355 g/mol. The molecular weight excluding hydrogens is 330 g/mol. The number of fused-ring (bicyclic) bond motifs is 1. The first-order valence-corrected chi connectivity index (χ1v) is 9.25. The zero-order chi connectivity index (χ0) is 18.1. The van der Waals surface area contributed by atoms with Gasteiger partial charge in [0, 0.05) is 36.3 Å². The van der Waals surface area contributed by atoms with Crippen LogP contribution in [0.1, 0.15) is 30.6 Å². The number of amides is 1. The van der Waals surface area contributed by atoms with Gasteiger partial charge in [-0.15, -0.1) is 0 Å². The van der Waals surface area contributed by atoms with Gasteiger partial charge in [0.15, 0.2) is 12.2 Å². The average molecular weight is 355 g/mol. The van der Waals surface area contributed by atoms with Gasteiger partial charge in [-0.1, -0.05) is 26.0 Å².